The molecule has 4 fully saturated rings. The molecule has 1 atom stereocenters. The first kappa shape index (κ1) is 13.6. The standard InChI is InChI=1S/C13H21N3O4/c1-20-10(17)12-6-13(7-12,8-12)15-4-9-5-16(11(18)19)3-2-14-9/h9,14-15H,2-8H2,1H3,(H,18,19). The Bertz CT molecular complexity index is 420. The summed E-state index contributed by atoms with van der Waals surface area (Å²) in [5.74, 6) is -0.0889. The molecule has 0 aromatic heterocycles. The Kier molecular flexibility index (Phi) is 3.13. The molecule has 2 bridgehead atoms. The number of carbonyl (C=O) groups excluding carboxylic acids is 1. The van der Waals surface area contributed by atoms with Crippen molar-refractivity contribution >= 4 is 12.1 Å². The van der Waals surface area contributed by atoms with Gasteiger partial charge in [0.05, 0.1) is 12.5 Å². The van der Waals surface area contributed by atoms with Crippen LogP contribution in [0.3, 0.4) is 0 Å². The van der Waals surface area contributed by atoms with E-state index in [1.807, 2.05) is 0 Å². The molecule has 7 nitrogen and oxygen atoms in total. The maximum atomic E-state index is 11.6. The first-order valence-corrected chi connectivity index (χ1v) is 7.03. The number of piperazine rings is 1. The summed E-state index contributed by atoms with van der Waals surface area (Å²) in [6.45, 7) is 2.49. The van der Waals surface area contributed by atoms with Crippen molar-refractivity contribution in [3.63, 3.8) is 0 Å². The number of hydrogen-bond acceptors (Lipinski definition) is 5. The zero-order valence-electron chi connectivity index (χ0n) is 11.6. The van der Waals surface area contributed by atoms with Gasteiger partial charge in [0, 0.05) is 37.8 Å². The lowest BCUT2D eigenvalue weighted by atomic mass is 9.39. The number of esters is 1. The Morgan fingerprint density at radius 1 is 1.45 bits per heavy atom. The van der Waals surface area contributed by atoms with Crippen molar-refractivity contribution in [2.24, 2.45) is 5.41 Å². The van der Waals surface area contributed by atoms with E-state index in [4.69, 9.17) is 9.84 Å². The van der Waals surface area contributed by atoms with Gasteiger partial charge in [-0.3, -0.25) is 4.79 Å². The van der Waals surface area contributed by atoms with Crippen molar-refractivity contribution in [3.8, 4) is 0 Å². The van der Waals surface area contributed by atoms with Gasteiger partial charge in [0.1, 0.15) is 0 Å². The topological polar surface area (TPSA) is 90.9 Å². The van der Waals surface area contributed by atoms with Gasteiger partial charge in [0.2, 0.25) is 0 Å². The molecule has 3 aliphatic carbocycles. The van der Waals surface area contributed by atoms with E-state index in [0.717, 1.165) is 25.8 Å². The van der Waals surface area contributed by atoms with E-state index < -0.39 is 6.09 Å². The van der Waals surface area contributed by atoms with Crippen LogP contribution in [0.1, 0.15) is 19.3 Å². The summed E-state index contributed by atoms with van der Waals surface area (Å²) in [7, 11) is 1.44. The lowest BCUT2D eigenvalue weighted by molar-refractivity contribution is -0.202. The molecule has 0 aromatic rings. The van der Waals surface area contributed by atoms with Crippen molar-refractivity contribution in [1.29, 1.82) is 0 Å². The lowest BCUT2D eigenvalue weighted by Crippen LogP contribution is -2.77. The minimum atomic E-state index is -0.855. The highest BCUT2D eigenvalue weighted by molar-refractivity contribution is 5.82. The van der Waals surface area contributed by atoms with Gasteiger partial charge in [-0.25, -0.2) is 4.79 Å². The molecule has 1 aliphatic heterocycles. The maximum absolute atomic E-state index is 11.6. The van der Waals surface area contributed by atoms with E-state index in [-0.39, 0.29) is 23.0 Å². The summed E-state index contributed by atoms with van der Waals surface area (Å²) in [5.41, 5.74) is -0.143. The van der Waals surface area contributed by atoms with Crippen LogP contribution in [0.5, 0.6) is 0 Å². The monoisotopic (exact) mass is 283 g/mol. The molecule has 0 spiro atoms. The Morgan fingerprint density at radius 2 is 2.15 bits per heavy atom. The van der Waals surface area contributed by atoms with Gasteiger partial charge in [-0.1, -0.05) is 0 Å². The van der Waals surface area contributed by atoms with E-state index in [1.165, 1.54) is 12.0 Å². The highest BCUT2D eigenvalue weighted by Gasteiger charge is 2.72. The molecular weight excluding hydrogens is 262 g/mol. The average Bonchev–Trinajstić information content (AvgIpc) is 2.35. The molecule has 0 aromatic carbocycles. The van der Waals surface area contributed by atoms with Crippen LogP contribution in [0.25, 0.3) is 0 Å². The zero-order valence-corrected chi connectivity index (χ0v) is 11.6. The van der Waals surface area contributed by atoms with Crippen LogP contribution in [-0.4, -0.2) is 66.9 Å². The summed E-state index contributed by atoms with van der Waals surface area (Å²) >= 11 is 0. The molecule has 4 rings (SSSR count). The van der Waals surface area contributed by atoms with Gasteiger partial charge in [0.15, 0.2) is 0 Å². The molecule has 3 saturated carbocycles. The predicted octanol–water partition coefficient (Wildman–Crippen LogP) is -0.376. The molecule has 1 unspecified atom stereocenters. The summed E-state index contributed by atoms with van der Waals surface area (Å²) in [4.78, 5) is 24.0. The molecular formula is C13H21N3O4. The van der Waals surface area contributed by atoms with E-state index in [2.05, 4.69) is 10.6 Å². The minimum Gasteiger partial charge on any atom is -0.469 e. The highest BCUT2D eigenvalue weighted by Crippen LogP contribution is 2.67. The molecule has 112 valence electrons. The number of nitrogens with one attached hydrogen (secondary N) is 2. The third-order valence-electron chi connectivity index (χ3n) is 4.90. The van der Waals surface area contributed by atoms with E-state index in [0.29, 0.717) is 19.6 Å². The third kappa shape index (κ3) is 2.05. The lowest BCUT2D eigenvalue weighted by Gasteiger charge is -2.69. The Hall–Kier alpha value is -1.34. The second-order valence-corrected chi connectivity index (χ2v) is 6.34. The molecule has 1 heterocycles. The fraction of sp³-hybridized carbons (Fsp3) is 0.846. The fourth-order valence-electron chi connectivity index (χ4n) is 3.88. The van der Waals surface area contributed by atoms with Gasteiger partial charge in [-0.2, -0.15) is 0 Å². The Morgan fingerprint density at radius 3 is 2.75 bits per heavy atom. The third-order valence-corrected chi connectivity index (χ3v) is 4.90. The molecule has 1 saturated heterocycles. The first-order valence-electron chi connectivity index (χ1n) is 7.03. The van der Waals surface area contributed by atoms with Crippen molar-refractivity contribution in [3.05, 3.63) is 0 Å². The minimum absolute atomic E-state index is 0.0847. The average molecular weight is 283 g/mol. The van der Waals surface area contributed by atoms with Crippen molar-refractivity contribution in [2.45, 2.75) is 30.8 Å². The number of carbonyl (C=O) groups is 2. The normalized spacial score (nSPS) is 38.6. The second-order valence-electron chi connectivity index (χ2n) is 6.34. The number of ether oxygens (including phenoxy) is 1. The smallest absolute Gasteiger partial charge is 0.407 e. The van der Waals surface area contributed by atoms with Gasteiger partial charge in [-0.05, 0) is 19.3 Å². The molecule has 7 heteroatoms. The maximum Gasteiger partial charge on any atom is 0.407 e. The molecule has 1 amide bonds. The van der Waals surface area contributed by atoms with Crippen molar-refractivity contribution in [1.82, 2.24) is 15.5 Å². The molecule has 3 N–H and O–H groups in total. The number of methoxy groups -OCH3 is 1. The van der Waals surface area contributed by atoms with Gasteiger partial charge in [-0.15, -0.1) is 0 Å². The van der Waals surface area contributed by atoms with Crippen molar-refractivity contribution in [2.75, 3.05) is 33.3 Å². The Balaban J connectivity index is 1.44. The Labute approximate surface area is 117 Å². The van der Waals surface area contributed by atoms with E-state index in [9.17, 15) is 9.59 Å². The fourth-order valence-corrected chi connectivity index (χ4v) is 3.88. The van der Waals surface area contributed by atoms with E-state index in [1.54, 1.807) is 0 Å². The predicted molar refractivity (Wildman–Crippen MR) is 70.4 cm³/mol. The number of rotatable bonds is 4. The SMILES string of the molecule is COC(=O)C12CC(NCC3CN(C(=O)O)CCN3)(C1)C2. The highest BCUT2D eigenvalue weighted by atomic mass is 16.5. The van der Waals surface area contributed by atoms with Crippen LogP contribution >= 0.6 is 0 Å². The summed E-state index contributed by atoms with van der Waals surface area (Å²) in [6.07, 6.45) is 1.69. The number of nitrogens with zero attached hydrogens (tertiary/aromatic N) is 1. The first-order chi connectivity index (χ1) is 9.49. The van der Waals surface area contributed by atoms with Crippen LogP contribution < -0.4 is 10.6 Å². The van der Waals surface area contributed by atoms with Gasteiger partial charge >= 0.3 is 12.1 Å². The van der Waals surface area contributed by atoms with Crippen LogP contribution in [-0.2, 0) is 9.53 Å². The molecule has 4 aliphatic rings. The summed E-state index contributed by atoms with van der Waals surface area (Å²) in [5, 5.41) is 15.8. The van der Waals surface area contributed by atoms with Crippen LogP contribution in [0, 0.1) is 5.41 Å². The van der Waals surface area contributed by atoms with Crippen LogP contribution in [0.15, 0.2) is 0 Å². The van der Waals surface area contributed by atoms with Crippen LogP contribution in [0.4, 0.5) is 4.79 Å². The van der Waals surface area contributed by atoms with E-state index >= 15 is 0 Å². The van der Waals surface area contributed by atoms with Gasteiger partial charge < -0.3 is 25.4 Å². The number of hydrogen-bond donors (Lipinski definition) is 3. The quantitative estimate of drug-likeness (QED) is 0.610. The van der Waals surface area contributed by atoms with Crippen molar-refractivity contribution < 1.29 is 19.4 Å². The second kappa shape index (κ2) is 4.60. The van der Waals surface area contributed by atoms with Gasteiger partial charge in [0.25, 0.3) is 0 Å². The van der Waals surface area contributed by atoms with Crippen LogP contribution in [0.2, 0.25) is 0 Å². The zero-order chi connectivity index (χ0) is 14.4. The summed E-state index contributed by atoms with van der Waals surface area (Å²) < 4.78 is 4.82. The summed E-state index contributed by atoms with van der Waals surface area (Å²) in [6, 6.07) is 0.142. The molecule has 0 radical (unpaired) electrons. The number of carboxylic acid groups (broad SMARTS) is 1. The molecule has 20 heavy (non-hydrogen) atoms. The largest absolute Gasteiger partial charge is 0.469 e. The number of amides is 1.